The molecule has 0 saturated heterocycles. The standard InChI is InChI=1S/C10H20N2O/c1-4-9(11)10(13)12(3)7(2)8-5-6-8/h7-9H,4-6,11H2,1-3H3. The Morgan fingerprint density at radius 2 is 2.15 bits per heavy atom. The van der Waals surface area contributed by atoms with Crippen LogP contribution in [0.5, 0.6) is 0 Å². The number of nitrogens with zero attached hydrogens (tertiary/aromatic N) is 1. The van der Waals surface area contributed by atoms with Crippen LogP contribution in [-0.2, 0) is 4.79 Å². The van der Waals surface area contributed by atoms with Crippen molar-refractivity contribution in [3.05, 3.63) is 0 Å². The van der Waals surface area contributed by atoms with Gasteiger partial charge in [0.25, 0.3) is 0 Å². The number of likely N-dealkylation sites (N-methyl/N-ethyl adjacent to an activating group) is 1. The van der Waals surface area contributed by atoms with E-state index < -0.39 is 0 Å². The molecular formula is C10H20N2O. The van der Waals surface area contributed by atoms with Gasteiger partial charge in [0.15, 0.2) is 0 Å². The monoisotopic (exact) mass is 184 g/mol. The molecule has 3 nitrogen and oxygen atoms in total. The maximum Gasteiger partial charge on any atom is 0.239 e. The summed E-state index contributed by atoms with van der Waals surface area (Å²) >= 11 is 0. The Morgan fingerprint density at radius 1 is 1.62 bits per heavy atom. The molecule has 13 heavy (non-hydrogen) atoms. The van der Waals surface area contributed by atoms with Crippen molar-refractivity contribution in [2.45, 2.75) is 45.2 Å². The molecule has 2 N–H and O–H groups in total. The fraction of sp³-hybridized carbons (Fsp3) is 0.900. The topological polar surface area (TPSA) is 46.3 Å². The van der Waals surface area contributed by atoms with Gasteiger partial charge in [0.05, 0.1) is 6.04 Å². The van der Waals surface area contributed by atoms with Crippen molar-refractivity contribution in [3.8, 4) is 0 Å². The van der Waals surface area contributed by atoms with E-state index in [1.165, 1.54) is 12.8 Å². The van der Waals surface area contributed by atoms with Gasteiger partial charge in [0.1, 0.15) is 0 Å². The van der Waals surface area contributed by atoms with Crippen molar-refractivity contribution in [3.63, 3.8) is 0 Å². The molecule has 0 heterocycles. The van der Waals surface area contributed by atoms with E-state index in [-0.39, 0.29) is 11.9 Å². The zero-order valence-corrected chi connectivity index (χ0v) is 8.79. The van der Waals surface area contributed by atoms with Crippen LogP contribution >= 0.6 is 0 Å². The Kier molecular flexibility index (Phi) is 3.31. The van der Waals surface area contributed by atoms with Gasteiger partial charge in [-0.15, -0.1) is 0 Å². The number of hydrogen-bond acceptors (Lipinski definition) is 2. The summed E-state index contributed by atoms with van der Waals surface area (Å²) in [4.78, 5) is 13.5. The van der Waals surface area contributed by atoms with Crippen LogP contribution in [0.3, 0.4) is 0 Å². The molecule has 1 rings (SSSR count). The van der Waals surface area contributed by atoms with Crippen LogP contribution in [0.1, 0.15) is 33.1 Å². The highest BCUT2D eigenvalue weighted by Gasteiger charge is 2.33. The Hall–Kier alpha value is -0.570. The van der Waals surface area contributed by atoms with Gasteiger partial charge in [-0.3, -0.25) is 4.79 Å². The summed E-state index contributed by atoms with van der Waals surface area (Å²) in [5, 5.41) is 0. The SMILES string of the molecule is CCC(N)C(=O)N(C)C(C)C1CC1. The minimum atomic E-state index is -0.314. The van der Waals surface area contributed by atoms with Crippen LogP contribution in [0.4, 0.5) is 0 Å². The Balaban J connectivity index is 2.44. The third-order valence-electron chi connectivity index (χ3n) is 3.02. The zero-order chi connectivity index (χ0) is 10.0. The van der Waals surface area contributed by atoms with Gasteiger partial charge in [0, 0.05) is 13.1 Å². The highest BCUT2D eigenvalue weighted by molar-refractivity contribution is 5.81. The maximum atomic E-state index is 11.6. The normalized spacial score (nSPS) is 20.9. The molecule has 1 aliphatic rings. The molecule has 0 aliphatic heterocycles. The van der Waals surface area contributed by atoms with Crippen LogP contribution in [0, 0.1) is 5.92 Å². The highest BCUT2D eigenvalue weighted by atomic mass is 16.2. The second kappa shape index (κ2) is 4.09. The Labute approximate surface area is 80.3 Å². The van der Waals surface area contributed by atoms with Crippen LogP contribution in [-0.4, -0.2) is 29.9 Å². The minimum absolute atomic E-state index is 0.0851. The average Bonchev–Trinajstić information content (AvgIpc) is 2.96. The number of carbonyl (C=O) groups is 1. The predicted octanol–water partition coefficient (Wildman–Crippen LogP) is 0.981. The quantitative estimate of drug-likeness (QED) is 0.708. The van der Waals surface area contributed by atoms with Gasteiger partial charge in [0.2, 0.25) is 5.91 Å². The summed E-state index contributed by atoms with van der Waals surface area (Å²) in [6.07, 6.45) is 3.25. The lowest BCUT2D eigenvalue weighted by molar-refractivity contribution is -0.133. The lowest BCUT2D eigenvalue weighted by Crippen LogP contribution is -2.46. The molecule has 0 bridgehead atoms. The van der Waals surface area contributed by atoms with E-state index in [4.69, 9.17) is 5.73 Å². The molecule has 0 spiro atoms. The van der Waals surface area contributed by atoms with Crippen molar-refractivity contribution in [2.75, 3.05) is 7.05 Å². The van der Waals surface area contributed by atoms with E-state index >= 15 is 0 Å². The molecular weight excluding hydrogens is 164 g/mol. The highest BCUT2D eigenvalue weighted by Crippen LogP contribution is 2.34. The average molecular weight is 184 g/mol. The first-order chi connectivity index (χ1) is 6.07. The van der Waals surface area contributed by atoms with Gasteiger partial charge >= 0.3 is 0 Å². The third-order valence-corrected chi connectivity index (χ3v) is 3.02. The summed E-state index contributed by atoms with van der Waals surface area (Å²) in [6, 6.07) is 0.0521. The molecule has 2 atom stereocenters. The number of carbonyl (C=O) groups excluding carboxylic acids is 1. The van der Waals surface area contributed by atoms with E-state index in [0.29, 0.717) is 6.04 Å². The molecule has 0 radical (unpaired) electrons. The Bertz CT molecular complexity index is 189. The van der Waals surface area contributed by atoms with Crippen molar-refractivity contribution in [1.29, 1.82) is 0 Å². The molecule has 0 aromatic rings. The van der Waals surface area contributed by atoms with Crippen molar-refractivity contribution in [2.24, 2.45) is 11.7 Å². The molecule has 1 saturated carbocycles. The van der Waals surface area contributed by atoms with Crippen molar-refractivity contribution >= 4 is 5.91 Å². The number of nitrogens with two attached hydrogens (primary N) is 1. The largest absolute Gasteiger partial charge is 0.341 e. The number of hydrogen-bond donors (Lipinski definition) is 1. The summed E-state index contributed by atoms with van der Waals surface area (Å²) in [5.74, 6) is 0.805. The molecule has 0 aromatic heterocycles. The molecule has 76 valence electrons. The van der Waals surface area contributed by atoms with Crippen LogP contribution in [0.2, 0.25) is 0 Å². The molecule has 1 amide bonds. The van der Waals surface area contributed by atoms with Crippen LogP contribution < -0.4 is 5.73 Å². The summed E-state index contributed by atoms with van der Waals surface area (Å²) in [7, 11) is 1.86. The smallest absolute Gasteiger partial charge is 0.239 e. The second-order valence-electron chi connectivity index (χ2n) is 4.04. The molecule has 1 fully saturated rings. The second-order valence-corrected chi connectivity index (χ2v) is 4.04. The number of amides is 1. The van der Waals surface area contributed by atoms with Crippen LogP contribution in [0.25, 0.3) is 0 Å². The first-order valence-electron chi connectivity index (χ1n) is 5.10. The lowest BCUT2D eigenvalue weighted by Gasteiger charge is -2.27. The molecule has 0 aromatic carbocycles. The summed E-state index contributed by atoms with van der Waals surface area (Å²) < 4.78 is 0. The maximum absolute atomic E-state index is 11.6. The number of rotatable bonds is 4. The predicted molar refractivity (Wildman–Crippen MR) is 53.2 cm³/mol. The molecule has 3 heteroatoms. The first kappa shape index (κ1) is 10.5. The molecule has 1 aliphatic carbocycles. The van der Waals surface area contributed by atoms with E-state index in [2.05, 4.69) is 6.92 Å². The van der Waals surface area contributed by atoms with E-state index in [0.717, 1.165) is 12.3 Å². The Morgan fingerprint density at radius 3 is 2.54 bits per heavy atom. The van der Waals surface area contributed by atoms with Gasteiger partial charge in [-0.1, -0.05) is 6.92 Å². The third kappa shape index (κ3) is 2.44. The van der Waals surface area contributed by atoms with Crippen molar-refractivity contribution < 1.29 is 4.79 Å². The van der Waals surface area contributed by atoms with Gasteiger partial charge in [-0.2, -0.15) is 0 Å². The molecule has 2 unspecified atom stereocenters. The van der Waals surface area contributed by atoms with E-state index in [9.17, 15) is 4.79 Å². The fourth-order valence-corrected chi connectivity index (χ4v) is 1.53. The van der Waals surface area contributed by atoms with E-state index in [1.807, 2.05) is 18.9 Å². The zero-order valence-electron chi connectivity index (χ0n) is 8.79. The fourth-order valence-electron chi connectivity index (χ4n) is 1.53. The lowest BCUT2D eigenvalue weighted by atomic mass is 10.1. The minimum Gasteiger partial charge on any atom is -0.341 e. The van der Waals surface area contributed by atoms with Gasteiger partial charge in [-0.25, -0.2) is 0 Å². The summed E-state index contributed by atoms with van der Waals surface area (Å²) in [5.41, 5.74) is 5.68. The summed E-state index contributed by atoms with van der Waals surface area (Å²) in [6.45, 7) is 4.05. The first-order valence-corrected chi connectivity index (χ1v) is 5.10. The van der Waals surface area contributed by atoms with Crippen molar-refractivity contribution in [1.82, 2.24) is 4.90 Å². The van der Waals surface area contributed by atoms with Crippen LogP contribution in [0.15, 0.2) is 0 Å². The van der Waals surface area contributed by atoms with Gasteiger partial charge in [-0.05, 0) is 32.1 Å². The van der Waals surface area contributed by atoms with Gasteiger partial charge < -0.3 is 10.6 Å². The van der Waals surface area contributed by atoms with E-state index in [1.54, 1.807) is 0 Å².